The zero-order valence-corrected chi connectivity index (χ0v) is 14.5. The molecular weight excluding hydrogens is 345 g/mol. The third-order valence-electron chi connectivity index (χ3n) is 4.58. The normalized spacial score (nSPS) is 12.6. The van der Waals surface area contributed by atoms with Crippen molar-refractivity contribution in [3.05, 3.63) is 71.8 Å². The van der Waals surface area contributed by atoms with Gasteiger partial charge in [-0.15, -0.1) is 0 Å². The molecule has 3 N–H and O–H groups in total. The number of hydrogen-bond donors (Lipinski definition) is 3. The molecule has 136 valence electrons. The molecule has 6 heteroatoms. The van der Waals surface area contributed by atoms with Gasteiger partial charge < -0.3 is 15.7 Å². The second-order valence-corrected chi connectivity index (χ2v) is 6.48. The largest absolute Gasteiger partial charge is 0.508 e. The van der Waals surface area contributed by atoms with Crippen molar-refractivity contribution in [2.24, 2.45) is 0 Å². The summed E-state index contributed by atoms with van der Waals surface area (Å²) in [6, 6.07) is 12.1. The first-order chi connectivity index (χ1) is 13.1. The molecule has 3 aromatic rings. The molecule has 0 radical (unpaired) electrons. The van der Waals surface area contributed by atoms with E-state index in [0.717, 1.165) is 16.8 Å². The van der Waals surface area contributed by atoms with Gasteiger partial charge in [0.15, 0.2) is 0 Å². The van der Waals surface area contributed by atoms with Crippen molar-refractivity contribution in [2.75, 3.05) is 17.2 Å². The third-order valence-corrected chi connectivity index (χ3v) is 4.58. The maximum absolute atomic E-state index is 14.5. The summed E-state index contributed by atoms with van der Waals surface area (Å²) in [7, 11) is 0. The molecule has 1 aliphatic rings. The number of nitrogens with one attached hydrogen (secondary N) is 2. The van der Waals surface area contributed by atoms with Gasteiger partial charge in [-0.2, -0.15) is 0 Å². The second kappa shape index (κ2) is 7.07. The number of benzene rings is 2. The van der Waals surface area contributed by atoms with Crippen molar-refractivity contribution >= 4 is 17.3 Å². The van der Waals surface area contributed by atoms with Gasteiger partial charge in [-0.05, 0) is 41.8 Å². The van der Waals surface area contributed by atoms with Crippen LogP contribution in [0.2, 0.25) is 0 Å². The van der Waals surface area contributed by atoms with Crippen LogP contribution in [0.25, 0.3) is 11.1 Å². The van der Waals surface area contributed by atoms with Crippen LogP contribution in [0.15, 0.2) is 54.9 Å². The predicted molar refractivity (Wildman–Crippen MR) is 102 cm³/mol. The monoisotopic (exact) mass is 363 g/mol. The van der Waals surface area contributed by atoms with E-state index in [-0.39, 0.29) is 18.1 Å². The summed E-state index contributed by atoms with van der Waals surface area (Å²) >= 11 is 0. The van der Waals surface area contributed by atoms with Crippen LogP contribution in [0.1, 0.15) is 11.1 Å². The van der Waals surface area contributed by atoms with E-state index in [0.29, 0.717) is 29.8 Å². The summed E-state index contributed by atoms with van der Waals surface area (Å²) in [6.07, 6.45) is 4.18. The fourth-order valence-corrected chi connectivity index (χ4v) is 3.22. The SMILES string of the molecule is O=C1Cc2cc(-c3cncc(NCCc4ccccc4O)c3)c(F)cc2N1. The molecule has 1 aliphatic heterocycles. The number of amides is 1. The number of aromatic nitrogens is 1. The van der Waals surface area contributed by atoms with E-state index < -0.39 is 5.82 Å². The van der Waals surface area contributed by atoms with Crippen LogP contribution in [-0.4, -0.2) is 22.5 Å². The maximum atomic E-state index is 14.5. The Kier molecular flexibility index (Phi) is 4.46. The number of phenols is 1. The molecule has 0 atom stereocenters. The summed E-state index contributed by atoms with van der Waals surface area (Å²) < 4.78 is 14.5. The summed E-state index contributed by atoms with van der Waals surface area (Å²) in [6.45, 7) is 0.605. The Bertz CT molecular complexity index is 1020. The molecular formula is C21H18FN3O2. The second-order valence-electron chi connectivity index (χ2n) is 6.48. The fourth-order valence-electron chi connectivity index (χ4n) is 3.22. The van der Waals surface area contributed by atoms with E-state index in [1.54, 1.807) is 30.6 Å². The number of carbonyl (C=O) groups excluding carboxylic acids is 1. The molecule has 0 fully saturated rings. The number of hydrogen-bond acceptors (Lipinski definition) is 4. The van der Waals surface area contributed by atoms with Crippen molar-refractivity contribution in [3.8, 4) is 16.9 Å². The van der Waals surface area contributed by atoms with E-state index in [2.05, 4.69) is 15.6 Å². The molecule has 0 saturated heterocycles. The van der Waals surface area contributed by atoms with Crippen LogP contribution >= 0.6 is 0 Å². The van der Waals surface area contributed by atoms with Gasteiger partial charge in [-0.25, -0.2) is 4.39 Å². The number of rotatable bonds is 5. The number of anilines is 2. The number of phenolic OH excluding ortho intramolecular Hbond substituents is 1. The van der Waals surface area contributed by atoms with Crippen molar-refractivity contribution in [1.29, 1.82) is 0 Å². The minimum atomic E-state index is -0.399. The minimum Gasteiger partial charge on any atom is -0.508 e. The van der Waals surface area contributed by atoms with Gasteiger partial charge in [0.1, 0.15) is 11.6 Å². The van der Waals surface area contributed by atoms with Crippen molar-refractivity contribution in [1.82, 2.24) is 4.98 Å². The number of carbonyl (C=O) groups is 1. The lowest BCUT2D eigenvalue weighted by atomic mass is 10.0. The Balaban J connectivity index is 1.51. The first-order valence-corrected chi connectivity index (χ1v) is 8.68. The van der Waals surface area contributed by atoms with Gasteiger partial charge in [0, 0.05) is 35.8 Å². The number of fused-ring (bicyclic) bond motifs is 1. The Morgan fingerprint density at radius 1 is 1.19 bits per heavy atom. The van der Waals surface area contributed by atoms with E-state index in [4.69, 9.17) is 0 Å². The number of halogens is 1. The summed E-state index contributed by atoms with van der Waals surface area (Å²) in [5, 5.41) is 15.7. The zero-order valence-electron chi connectivity index (χ0n) is 14.5. The standard InChI is InChI=1S/C21H18FN3O2/c22-18-10-19-14(9-21(27)25-19)8-17(18)15-7-16(12-23-11-15)24-6-5-13-3-1-2-4-20(13)26/h1-4,7-8,10-12,24,26H,5-6,9H2,(H,25,27). The van der Waals surface area contributed by atoms with E-state index in [1.807, 2.05) is 18.2 Å². The Labute approximate surface area is 155 Å². The van der Waals surface area contributed by atoms with Crippen LogP contribution in [0.3, 0.4) is 0 Å². The molecule has 4 rings (SSSR count). The highest BCUT2D eigenvalue weighted by Gasteiger charge is 2.20. The lowest BCUT2D eigenvalue weighted by molar-refractivity contribution is -0.115. The van der Waals surface area contributed by atoms with Gasteiger partial charge in [0.25, 0.3) is 0 Å². The minimum absolute atomic E-state index is 0.126. The van der Waals surface area contributed by atoms with Crippen molar-refractivity contribution in [2.45, 2.75) is 12.8 Å². The highest BCUT2D eigenvalue weighted by atomic mass is 19.1. The van der Waals surface area contributed by atoms with Crippen molar-refractivity contribution in [3.63, 3.8) is 0 Å². The summed E-state index contributed by atoms with van der Waals surface area (Å²) in [4.78, 5) is 15.7. The van der Waals surface area contributed by atoms with Crippen LogP contribution in [0.4, 0.5) is 15.8 Å². The molecule has 27 heavy (non-hydrogen) atoms. The van der Waals surface area contributed by atoms with Crippen LogP contribution in [-0.2, 0) is 17.6 Å². The quantitative estimate of drug-likeness (QED) is 0.646. The third kappa shape index (κ3) is 3.60. The van der Waals surface area contributed by atoms with Crippen LogP contribution in [0.5, 0.6) is 5.75 Å². The zero-order chi connectivity index (χ0) is 18.8. The molecule has 2 aromatic carbocycles. The molecule has 0 aliphatic carbocycles. The van der Waals surface area contributed by atoms with Gasteiger partial charge in [0.05, 0.1) is 12.1 Å². The molecule has 2 heterocycles. The van der Waals surface area contributed by atoms with E-state index in [1.165, 1.54) is 6.07 Å². The first kappa shape index (κ1) is 17.0. The molecule has 1 amide bonds. The Morgan fingerprint density at radius 3 is 2.89 bits per heavy atom. The molecule has 0 unspecified atom stereocenters. The van der Waals surface area contributed by atoms with Crippen LogP contribution < -0.4 is 10.6 Å². The molecule has 0 spiro atoms. The number of nitrogens with zero attached hydrogens (tertiary/aromatic N) is 1. The van der Waals surface area contributed by atoms with Crippen molar-refractivity contribution < 1.29 is 14.3 Å². The Hall–Kier alpha value is -3.41. The lowest BCUT2D eigenvalue weighted by Crippen LogP contribution is -2.05. The topological polar surface area (TPSA) is 74.2 Å². The highest BCUT2D eigenvalue weighted by molar-refractivity contribution is 5.99. The van der Waals surface area contributed by atoms with E-state index >= 15 is 0 Å². The van der Waals surface area contributed by atoms with Gasteiger partial charge >= 0.3 is 0 Å². The average molecular weight is 363 g/mol. The molecule has 1 aromatic heterocycles. The first-order valence-electron chi connectivity index (χ1n) is 8.68. The predicted octanol–water partition coefficient (Wildman–Crippen LogP) is 3.74. The average Bonchev–Trinajstić information content (AvgIpc) is 3.02. The van der Waals surface area contributed by atoms with Crippen LogP contribution in [0, 0.1) is 5.82 Å². The molecule has 5 nitrogen and oxygen atoms in total. The molecule has 0 bridgehead atoms. The fraction of sp³-hybridized carbons (Fsp3) is 0.143. The smallest absolute Gasteiger partial charge is 0.228 e. The van der Waals surface area contributed by atoms with Gasteiger partial charge in [0.2, 0.25) is 5.91 Å². The number of para-hydroxylation sites is 1. The van der Waals surface area contributed by atoms with E-state index in [9.17, 15) is 14.3 Å². The van der Waals surface area contributed by atoms with Gasteiger partial charge in [-0.1, -0.05) is 18.2 Å². The number of aromatic hydroxyl groups is 1. The summed E-state index contributed by atoms with van der Waals surface area (Å²) in [5.41, 5.74) is 4.00. The number of pyridine rings is 1. The van der Waals surface area contributed by atoms with Gasteiger partial charge in [-0.3, -0.25) is 9.78 Å². The summed E-state index contributed by atoms with van der Waals surface area (Å²) in [5.74, 6) is -0.252. The highest BCUT2D eigenvalue weighted by Crippen LogP contribution is 2.32. The maximum Gasteiger partial charge on any atom is 0.228 e. The Morgan fingerprint density at radius 2 is 2.04 bits per heavy atom. The molecule has 0 saturated carbocycles. The lowest BCUT2D eigenvalue weighted by Gasteiger charge is -2.10.